The lowest BCUT2D eigenvalue weighted by Gasteiger charge is -2.22. The number of pyridine rings is 1. The van der Waals surface area contributed by atoms with Crippen molar-refractivity contribution in [3.8, 4) is 0 Å². The molecule has 0 radical (unpaired) electrons. The largest absolute Gasteiger partial charge is 0.354 e. The summed E-state index contributed by atoms with van der Waals surface area (Å²) in [5.74, 6) is -0.618. The van der Waals surface area contributed by atoms with Gasteiger partial charge in [0, 0.05) is 29.2 Å². The van der Waals surface area contributed by atoms with Crippen molar-refractivity contribution in [3.05, 3.63) is 69.1 Å². The normalized spacial score (nSPS) is 17.7. The van der Waals surface area contributed by atoms with Gasteiger partial charge in [-0.3, -0.25) is 14.4 Å². The molecule has 1 aromatic heterocycles. The molecule has 4 rings (SSSR count). The van der Waals surface area contributed by atoms with Crippen LogP contribution in [0.1, 0.15) is 60.9 Å². The summed E-state index contributed by atoms with van der Waals surface area (Å²) in [5.41, 5.74) is 0.560. The molecule has 0 spiro atoms. The molecule has 0 atom stereocenters. The number of carbonyl (C=O) groups is 2. The minimum absolute atomic E-state index is 0.0793. The van der Waals surface area contributed by atoms with E-state index in [-0.39, 0.29) is 35.4 Å². The Morgan fingerprint density at radius 2 is 1.81 bits per heavy atom. The van der Waals surface area contributed by atoms with Crippen LogP contribution in [0.15, 0.2) is 47.4 Å². The van der Waals surface area contributed by atoms with Crippen LogP contribution in [0.25, 0.3) is 0 Å². The van der Waals surface area contributed by atoms with E-state index in [0.29, 0.717) is 11.6 Å². The average molecular weight is 442 g/mol. The van der Waals surface area contributed by atoms with Gasteiger partial charge in [-0.1, -0.05) is 49.1 Å². The van der Waals surface area contributed by atoms with Crippen LogP contribution in [0, 0.1) is 0 Å². The second-order valence-electron chi connectivity index (χ2n) is 8.70. The van der Waals surface area contributed by atoms with Crippen LogP contribution in [-0.4, -0.2) is 29.0 Å². The molecule has 2 aromatic rings. The fourth-order valence-corrected chi connectivity index (χ4v) is 4.74. The minimum atomic E-state index is -0.446. The zero-order valence-corrected chi connectivity index (χ0v) is 18.3. The summed E-state index contributed by atoms with van der Waals surface area (Å²) in [6.45, 7) is 0.355. The van der Waals surface area contributed by atoms with Gasteiger partial charge in [-0.15, -0.1) is 0 Å². The van der Waals surface area contributed by atoms with Gasteiger partial charge in [0.1, 0.15) is 12.1 Å². The number of halogens is 1. The van der Waals surface area contributed by atoms with Crippen LogP contribution in [-0.2, 0) is 16.8 Å². The van der Waals surface area contributed by atoms with E-state index in [4.69, 9.17) is 11.6 Å². The van der Waals surface area contributed by atoms with Crippen molar-refractivity contribution in [1.82, 2.24) is 15.2 Å². The highest BCUT2D eigenvalue weighted by atomic mass is 35.5. The number of hydrogen-bond donors (Lipinski definition) is 2. The van der Waals surface area contributed by atoms with Gasteiger partial charge < -0.3 is 15.2 Å². The molecule has 2 amide bonds. The van der Waals surface area contributed by atoms with E-state index in [0.717, 1.165) is 44.1 Å². The van der Waals surface area contributed by atoms with Crippen LogP contribution in [0.3, 0.4) is 0 Å². The van der Waals surface area contributed by atoms with Gasteiger partial charge in [0.15, 0.2) is 0 Å². The Balaban J connectivity index is 1.37. The summed E-state index contributed by atoms with van der Waals surface area (Å²) >= 11 is 6.34. The van der Waals surface area contributed by atoms with Crippen LogP contribution in [0.2, 0.25) is 5.02 Å². The number of carbonyl (C=O) groups excluding carboxylic acids is 2. The van der Waals surface area contributed by atoms with E-state index in [1.807, 2.05) is 24.3 Å². The Morgan fingerprint density at radius 3 is 2.52 bits per heavy atom. The van der Waals surface area contributed by atoms with Crippen molar-refractivity contribution in [2.75, 3.05) is 6.54 Å². The predicted molar refractivity (Wildman–Crippen MR) is 120 cm³/mol. The van der Waals surface area contributed by atoms with Gasteiger partial charge in [0.25, 0.3) is 11.5 Å². The lowest BCUT2D eigenvalue weighted by Crippen LogP contribution is -2.41. The van der Waals surface area contributed by atoms with Gasteiger partial charge in [-0.25, -0.2) is 0 Å². The highest BCUT2D eigenvalue weighted by Gasteiger charge is 2.45. The molecular weight excluding hydrogens is 414 g/mol. The molecule has 0 bridgehead atoms. The summed E-state index contributed by atoms with van der Waals surface area (Å²) in [5, 5.41) is 6.62. The molecule has 1 aromatic carbocycles. The van der Waals surface area contributed by atoms with Crippen LogP contribution in [0.5, 0.6) is 0 Å². The summed E-state index contributed by atoms with van der Waals surface area (Å²) in [6.07, 6.45) is 8.75. The van der Waals surface area contributed by atoms with E-state index in [9.17, 15) is 14.4 Å². The molecule has 1 heterocycles. The second-order valence-corrected chi connectivity index (χ2v) is 9.11. The second kappa shape index (κ2) is 9.27. The Labute approximate surface area is 187 Å². The van der Waals surface area contributed by atoms with Crippen LogP contribution >= 0.6 is 11.6 Å². The van der Waals surface area contributed by atoms with E-state index in [1.165, 1.54) is 17.1 Å². The van der Waals surface area contributed by atoms with Crippen molar-refractivity contribution < 1.29 is 9.59 Å². The maximum atomic E-state index is 12.8. The maximum absolute atomic E-state index is 12.8. The molecule has 164 valence electrons. The molecule has 0 unspecified atom stereocenters. The summed E-state index contributed by atoms with van der Waals surface area (Å²) in [6, 6.07) is 11.0. The number of nitrogens with one attached hydrogen (secondary N) is 2. The number of rotatable bonds is 7. The number of benzene rings is 1. The van der Waals surface area contributed by atoms with Gasteiger partial charge in [0.2, 0.25) is 5.91 Å². The van der Waals surface area contributed by atoms with E-state index < -0.39 is 5.56 Å². The van der Waals surface area contributed by atoms with Gasteiger partial charge in [-0.2, -0.15) is 0 Å². The smallest absolute Gasteiger partial charge is 0.263 e. The van der Waals surface area contributed by atoms with E-state index in [1.54, 1.807) is 12.3 Å². The topological polar surface area (TPSA) is 80.2 Å². The maximum Gasteiger partial charge on any atom is 0.263 e. The third-order valence-electron chi connectivity index (χ3n) is 6.44. The Morgan fingerprint density at radius 1 is 1.06 bits per heavy atom. The Bertz CT molecular complexity index is 1020. The van der Waals surface area contributed by atoms with Crippen molar-refractivity contribution in [1.29, 1.82) is 0 Å². The molecule has 0 saturated heterocycles. The fraction of sp³-hybridized carbons (Fsp3) is 0.458. The third kappa shape index (κ3) is 5.01. The average Bonchev–Trinajstić information content (AvgIpc) is 3.56. The molecule has 6 nitrogen and oxygen atoms in total. The Hall–Kier alpha value is -2.60. The van der Waals surface area contributed by atoms with Gasteiger partial charge in [0.05, 0.1) is 0 Å². The molecule has 2 saturated carbocycles. The zero-order chi connectivity index (χ0) is 21.8. The molecule has 2 aliphatic carbocycles. The quantitative estimate of drug-likeness (QED) is 0.690. The van der Waals surface area contributed by atoms with E-state index >= 15 is 0 Å². The fourth-order valence-electron chi connectivity index (χ4n) is 4.41. The molecule has 2 aliphatic rings. The first-order valence-electron chi connectivity index (χ1n) is 11.0. The monoisotopic (exact) mass is 441 g/mol. The molecule has 0 aliphatic heterocycles. The first kappa shape index (κ1) is 21.6. The summed E-state index contributed by atoms with van der Waals surface area (Å²) in [4.78, 5) is 37.9. The van der Waals surface area contributed by atoms with E-state index in [2.05, 4.69) is 10.6 Å². The molecular formula is C24H28ClN3O3. The lowest BCUT2D eigenvalue weighted by atomic mass is 9.95. The molecule has 2 fully saturated rings. The third-order valence-corrected chi connectivity index (χ3v) is 6.77. The highest BCUT2D eigenvalue weighted by Crippen LogP contribution is 2.49. The predicted octanol–water partition coefficient (Wildman–Crippen LogP) is 3.41. The van der Waals surface area contributed by atoms with Crippen molar-refractivity contribution in [2.24, 2.45) is 0 Å². The standard InChI is InChI=1S/C24H28ClN3O3/c25-20-11-5-4-10-19(20)24(12-13-24)16-26-21(29)15-28-14-6-9-18(23(28)31)22(30)27-17-7-2-1-3-8-17/h4-6,9-11,14,17H,1-3,7-8,12-13,15-16H2,(H,26,29)(H,27,30). The number of hydrogen-bond acceptors (Lipinski definition) is 3. The number of aromatic nitrogens is 1. The van der Waals surface area contributed by atoms with Crippen LogP contribution < -0.4 is 16.2 Å². The van der Waals surface area contributed by atoms with Gasteiger partial charge in [-0.05, 0) is 49.4 Å². The lowest BCUT2D eigenvalue weighted by molar-refractivity contribution is -0.121. The molecule has 31 heavy (non-hydrogen) atoms. The summed E-state index contributed by atoms with van der Waals surface area (Å²) in [7, 11) is 0. The molecule has 2 N–H and O–H groups in total. The van der Waals surface area contributed by atoms with Crippen LogP contribution in [0.4, 0.5) is 0 Å². The van der Waals surface area contributed by atoms with Gasteiger partial charge >= 0.3 is 0 Å². The van der Waals surface area contributed by atoms with Crippen molar-refractivity contribution in [2.45, 2.75) is 62.9 Å². The first-order valence-corrected chi connectivity index (χ1v) is 11.4. The Kier molecular flexibility index (Phi) is 6.46. The first-order chi connectivity index (χ1) is 15.0. The van der Waals surface area contributed by atoms with Crippen molar-refractivity contribution >= 4 is 23.4 Å². The zero-order valence-electron chi connectivity index (χ0n) is 17.5. The number of amides is 2. The highest BCUT2D eigenvalue weighted by molar-refractivity contribution is 6.31. The van der Waals surface area contributed by atoms with Crippen molar-refractivity contribution in [3.63, 3.8) is 0 Å². The number of nitrogens with zero attached hydrogens (tertiary/aromatic N) is 1. The SMILES string of the molecule is O=C(Cn1cccc(C(=O)NC2CCCCC2)c1=O)NCC1(c2ccccc2Cl)CC1. The minimum Gasteiger partial charge on any atom is -0.354 e. The summed E-state index contributed by atoms with van der Waals surface area (Å²) < 4.78 is 1.29. The molecule has 7 heteroatoms.